The van der Waals surface area contributed by atoms with Crippen LogP contribution < -0.4 is 14.8 Å². The molecule has 0 atom stereocenters. The molecule has 1 aliphatic heterocycles. The third kappa shape index (κ3) is 10.8. The molecule has 0 aliphatic carbocycles. The van der Waals surface area contributed by atoms with Crippen molar-refractivity contribution in [1.29, 1.82) is 5.26 Å². The van der Waals surface area contributed by atoms with Crippen LogP contribution in [0, 0.1) is 17.2 Å². The molecule has 0 saturated carbocycles. The van der Waals surface area contributed by atoms with E-state index in [-0.39, 0.29) is 33.2 Å². The number of hydrogen-bond donors (Lipinski definition) is 2. The van der Waals surface area contributed by atoms with Crippen LogP contribution in [0.5, 0.6) is 11.5 Å². The van der Waals surface area contributed by atoms with Crippen LogP contribution in [0.3, 0.4) is 0 Å². The largest absolute Gasteiger partial charge is 0.455 e. The Morgan fingerprint density at radius 3 is 2.42 bits per heavy atom. The van der Waals surface area contributed by atoms with Crippen molar-refractivity contribution in [3.05, 3.63) is 102 Å². The van der Waals surface area contributed by atoms with Crippen molar-refractivity contribution in [2.75, 3.05) is 24.4 Å². The molecule has 0 spiro atoms. The van der Waals surface area contributed by atoms with Gasteiger partial charge in [0.15, 0.2) is 0 Å². The van der Waals surface area contributed by atoms with Crippen LogP contribution in [0.1, 0.15) is 56.9 Å². The van der Waals surface area contributed by atoms with Gasteiger partial charge < -0.3 is 19.7 Å². The van der Waals surface area contributed by atoms with Crippen LogP contribution >= 0.6 is 11.5 Å². The molecule has 5 aromatic rings. The number of amides is 1. The lowest BCUT2D eigenvalue weighted by molar-refractivity contribution is -0.137. The van der Waals surface area contributed by atoms with E-state index in [1.54, 1.807) is 41.4 Å². The van der Waals surface area contributed by atoms with Crippen LogP contribution in [0.2, 0.25) is 0 Å². The number of hydrogen-bond acceptors (Lipinski definition) is 11. The van der Waals surface area contributed by atoms with E-state index >= 15 is 0 Å². The van der Waals surface area contributed by atoms with Gasteiger partial charge in [0, 0.05) is 42.9 Å². The number of carbonyl (C=O) groups excluding carboxylic acids is 1. The number of alkyl halides is 3. The Hall–Kier alpha value is -5.57. The zero-order valence-corrected chi connectivity index (χ0v) is 33.0. The van der Waals surface area contributed by atoms with E-state index in [4.69, 9.17) is 9.47 Å². The summed E-state index contributed by atoms with van der Waals surface area (Å²) in [6.45, 7) is 8.01. The van der Waals surface area contributed by atoms with Gasteiger partial charge in [-0.1, -0.05) is 18.2 Å². The van der Waals surface area contributed by atoms with Crippen LogP contribution in [0.25, 0.3) is 22.3 Å². The molecule has 298 valence electrons. The Bertz CT molecular complexity index is 2350. The van der Waals surface area contributed by atoms with E-state index in [0.717, 1.165) is 49.5 Å². The molecule has 1 aliphatic rings. The topological polar surface area (TPSA) is 159 Å². The van der Waals surface area contributed by atoms with Gasteiger partial charge in [-0.15, -0.1) is 0 Å². The number of nitriles is 1. The molecule has 1 fully saturated rings. The predicted octanol–water partition coefficient (Wildman–Crippen LogP) is 8.88. The van der Waals surface area contributed by atoms with Gasteiger partial charge in [-0.25, -0.2) is 18.2 Å². The molecule has 2 N–H and O–H groups in total. The zero-order valence-electron chi connectivity index (χ0n) is 31.3. The minimum absolute atomic E-state index is 0.0590. The fourth-order valence-corrected chi connectivity index (χ4v) is 7.95. The van der Waals surface area contributed by atoms with E-state index in [9.17, 15) is 31.6 Å². The van der Waals surface area contributed by atoms with Gasteiger partial charge in [-0.05, 0) is 124 Å². The highest BCUT2D eigenvalue weighted by Gasteiger charge is 2.31. The van der Waals surface area contributed by atoms with Crippen LogP contribution in [-0.2, 0) is 27.5 Å². The average Bonchev–Trinajstić information content (AvgIpc) is 3.68. The third-order valence-corrected chi connectivity index (χ3v) is 11.2. The molecular formula is C40H40F3N7O5S2. The number of benzene rings is 3. The number of nitrogens with zero attached hydrogens (tertiary/aromatic N) is 5. The van der Waals surface area contributed by atoms with Crippen molar-refractivity contribution in [1.82, 2.24) is 24.6 Å². The number of aromatic nitrogens is 3. The number of ether oxygens (including phenoxy) is 2. The molecule has 2 aromatic heterocycles. The van der Waals surface area contributed by atoms with E-state index in [1.807, 2.05) is 32.9 Å². The Morgan fingerprint density at radius 1 is 0.965 bits per heavy atom. The number of sulfonamides is 1. The molecule has 1 saturated heterocycles. The maximum absolute atomic E-state index is 13.6. The SMILES string of the molecule is CC(C)(C)OC(=O)N1CCC(CCNCc2cc(-c3cc(-c4cccc(C(F)(F)F)c4)ccc3Oc3ccc(S(=O)(=O)Nc4ncns4)cc3C#N)ccn2)CC1. The molecule has 3 heterocycles. The number of rotatable bonds is 12. The van der Waals surface area contributed by atoms with Crippen LogP contribution in [0.15, 0.2) is 90.2 Å². The maximum Gasteiger partial charge on any atom is 0.416 e. The van der Waals surface area contributed by atoms with Crippen molar-refractivity contribution >= 4 is 32.8 Å². The van der Waals surface area contributed by atoms with Gasteiger partial charge in [0.1, 0.15) is 29.5 Å². The second-order valence-corrected chi connectivity index (χ2v) is 16.9. The van der Waals surface area contributed by atoms with Gasteiger partial charge in [0.25, 0.3) is 10.0 Å². The summed E-state index contributed by atoms with van der Waals surface area (Å²) < 4.78 is 84.8. The van der Waals surface area contributed by atoms with Crippen molar-refractivity contribution in [3.8, 4) is 39.8 Å². The predicted molar refractivity (Wildman–Crippen MR) is 209 cm³/mol. The van der Waals surface area contributed by atoms with Crippen molar-refractivity contribution in [2.24, 2.45) is 5.92 Å². The summed E-state index contributed by atoms with van der Waals surface area (Å²) in [4.78, 5) is 22.4. The van der Waals surface area contributed by atoms with E-state index in [2.05, 4.69) is 24.4 Å². The molecule has 57 heavy (non-hydrogen) atoms. The molecule has 17 heteroatoms. The van der Waals surface area contributed by atoms with Gasteiger partial charge in [-0.2, -0.15) is 22.8 Å². The van der Waals surface area contributed by atoms with Gasteiger partial charge in [0.2, 0.25) is 5.13 Å². The molecule has 6 rings (SSSR count). The summed E-state index contributed by atoms with van der Waals surface area (Å²) >= 11 is 0.855. The number of nitrogens with one attached hydrogen (secondary N) is 2. The van der Waals surface area contributed by atoms with E-state index in [0.29, 0.717) is 53.5 Å². The molecule has 12 nitrogen and oxygen atoms in total. The summed E-state index contributed by atoms with van der Waals surface area (Å²) in [6, 6.07) is 19.4. The Labute approximate surface area is 332 Å². The normalized spacial score (nSPS) is 13.9. The van der Waals surface area contributed by atoms with Gasteiger partial charge >= 0.3 is 12.3 Å². The second kappa shape index (κ2) is 17.3. The molecule has 0 bridgehead atoms. The number of likely N-dealkylation sites (tertiary alicyclic amines) is 1. The van der Waals surface area contributed by atoms with Gasteiger partial charge in [-0.3, -0.25) is 9.71 Å². The standard InChI is InChI=1S/C40H40F3N7O5S2/c1-39(2,3)55-38(51)50-17-13-26(14-18-50)11-15-45-24-32-20-29(12-16-46-32)34-22-28(27-5-4-6-31(19-27)40(41,42)43)7-9-36(34)54-35-10-8-33(21-30(35)23-44)57(52,53)49-37-47-25-48-56-37/h4-10,12,16,19-22,25-26,45H,11,13-15,17-18,24H2,1-3H3,(H,47,48,49). The molecule has 0 radical (unpaired) electrons. The Balaban J connectivity index is 1.21. The Kier molecular flexibility index (Phi) is 12.5. The summed E-state index contributed by atoms with van der Waals surface area (Å²) in [5.74, 6) is 0.786. The number of piperidine rings is 1. The summed E-state index contributed by atoms with van der Waals surface area (Å²) in [5, 5.41) is 13.5. The highest BCUT2D eigenvalue weighted by molar-refractivity contribution is 7.93. The molecule has 1 amide bonds. The van der Waals surface area contributed by atoms with Crippen molar-refractivity contribution in [3.63, 3.8) is 0 Å². The minimum atomic E-state index is -4.54. The molecule has 0 unspecified atom stereocenters. The summed E-state index contributed by atoms with van der Waals surface area (Å²) in [6.07, 6.45) is 0.697. The first kappa shape index (κ1) is 41.1. The van der Waals surface area contributed by atoms with Crippen LogP contribution in [-0.4, -0.2) is 59.0 Å². The number of carbonyl (C=O) groups is 1. The number of pyridine rings is 1. The highest BCUT2D eigenvalue weighted by atomic mass is 32.2. The second-order valence-electron chi connectivity index (χ2n) is 14.4. The zero-order chi connectivity index (χ0) is 40.8. The average molecular weight is 820 g/mol. The smallest absolute Gasteiger partial charge is 0.416 e. The lowest BCUT2D eigenvalue weighted by Crippen LogP contribution is -2.42. The first-order valence-corrected chi connectivity index (χ1v) is 20.3. The Morgan fingerprint density at radius 2 is 1.72 bits per heavy atom. The molecular weight excluding hydrogens is 780 g/mol. The fraction of sp³-hybridized carbons (Fsp3) is 0.325. The minimum Gasteiger partial charge on any atom is -0.455 e. The highest BCUT2D eigenvalue weighted by Crippen LogP contribution is 2.40. The quantitative estimate of drug-likeness (QED) is 0.116. The number of anilines is 1. The molecule has 3 aromatic carbocycles. The van der Waals surface area contributed by atoms with Crippen LogP contribution in [0.4, 0.5) is 23.1 Å². The van der Waals surface area contributed by atoms with Crippen molar-refractivity contribution < 1.29 is 35.9 Å². The summed E-state index contributed by atoms with van der Waals surface area (Å²) in [5.41, 5.74) is 1.28. The first-order chi connectivity index (χ1) is 27.1. The van der Waals surface area contributed by atoms with Gasteiger partial charge in [0.05, 0.1) is 21.7 Å². The maximum atomic E-state index is 13.6. The lowest BCUT2D eigenvalue weighted by atomic mass is 9.94. The monoisotopic (exact) mass is 819 g/mol. The van der Waals surface area contributed by atoms with E-state index < -0.39 is 27.4 Å². The third-order valence-electron chi connectivity index (χ3n) is 9.12. The fourth-order valence-electron chi connectivity index (χ4n) is 6.26. The lowest BCUT2D eigenvalue weighted by Gasteiger charge is -2.33. The van der Waals surface area contributed by atoms with Crippen molar-refractivity contribution in [2.45, 2.75) is 63.3 Å². The summed E-state index contributed by atoms with van der Waals surface area (Å²) in [7, 11) is -4.10. The number of halogens is 3. The first-order valence-electron chi connectivity index (χ1n) is 18.0. The van der Waals surface area contributed by atoms with E-state index in [1.165, 1.54) is 30.6 Å².